The molecule has 0 atom stereocenters. The number of rotatable bonds is 3. The van der Waals surface area contributed by atoms with Crippen LogP contribution in [0.5, 0.6) is 0 Å². The Balaban J connectivity index is 1.40. The van der Waals surface area contributed by atoms with Crippen molar-refractivity contribution < 1.29 is 9.21 Å². The van der Waals surface area contributed by atoms with Crippen LogP contribution in [0.2, 0.25) is 0 Å². The van der Waals surface area contributed by atoms with Gasteiger partial charge in [0.05, 0.1) is 5.56 Å². The highest BCUT2D eigenvalue weighted by atomic mass is 32.1. The van der Waals surface area contributed by atoms with Crippen LogP contribution >= 0.6 is 11.3 Å². The minimum atomic E-state index is 0.0334. The van der Waals surface area contributed by atoms with Crippen LogP contribution < -0.4 is 0 Å². The molecule has 1 saturated heterocycles. The molecular weight excluding hydrogens is 324 g/mol. The standard InChI is InChI=1S/C17H16N4O2S/c22-17(13-2-1-6-18-10-13)21-7-3-12(4-8-21)15-19-20-16(23-15)14-5-9-24-11-14/h1-2,5-6,9-12H,3-4,7-8H2. The van der Waals surface area contributed by atoms with Gasteiger partial charge in [-0.1, -0.05) is 0 Å². The molecular formula is C17H16N4O2S. The van der Waals surface area contributed by atoms with E-state index >= 15 is 0 Å². The van der Waals surface area contributed by atoms with Crippen LogP contribution in [0.1, 0.15) is 35.0 Å². The lowest BCUT2D eigenvalue weighted by atomic mass is 9.96. The highest BCUT2D eigenvalue weighted by Gasteiger charge is 2.28. The molecule has 6 nitrogen and oxygen atoms in total. The maximum atomic E-state index is 12.4. The van der Waals surface area contributed by atoms with Gasteiger partial charge in [0, 0.05) is 42.3 Å². The predicted octanol–water partition coefficient (Wildman–Crippen LogP) is 3.21. The summed E-state index contributed by atoms with van der Waals surface area (Å²) < 4.78 is 5.82. The number of pyridine rings is 1. The van der Waals surface area contributed by atoms with Gasteiger partial charge >= 0.3 is 0 Å². The molecule has 0 spiro atoms. The van der Waals surface area contributed by atoms with Crippen LogP contribution in [0.25, 0.3) is 11.5 Å². The Morgan fingerprint density at radius 3 is 2.83 bits per heavy atom. The molecule has 24 heavy (non-hydrogen) atoms. The van der Waals surface area contributed by atoms with E-state index in [1.165, 1.54) is 0 Å². The lowest BCUT2D eigenvalue weighted by Gasteiger charge is -2.30. The summed E-state index contributed by atoms with van der Waals surface area (Å²) in [5.41, 5.74) is 1.59. The number of aromatic nitrogens is 3. The highest BCUT2D eigenvalue weighted by molar-refractivity contribution is 7.08. The van der Waals surface area contributed by atoms with Gasteiger partial charge in [0.25, 0.3) is 5.91 Å². The van der Waals surface area contributed by atoms with Crippen molar-refractivity contribution in [1.82, 2.24) is 20.1 Å². The first kappa shape index (κ1) is 15.0. The Bertz CT molecular complexity index is 808. The molecule has 122 valence electrons. The maximum Gasteiger partial charge on any atom is 0.255 e. The van der Waals surface area contributed by atoms with Gasteiger partial charge < -0.3 is 9.32 Å². The quantitative estimate of drug-likeness (QED) is 0.732. The first-order valence-electron chi connectivity index (χ1n) is 7.86. The molecule has 1 aliphatic heterocycles. The number of carbonyl (C=O) groups excluding carboxylic acids is 1. The topological polar surface area (TPSA) is 72.1 Å². The second-order valence-electron chi connectivity index (χ2n) is 5.77. The van der Waals surface area contributed by atoms with Gasteiger partial charge in [-0.15, -0.1) is 10.2 Å². The van der Waals surface area contributed by atoms with Crippen molar-refractivity contribution in [2.75, 3.05) is 13.1 Å². The van der Waals surface area contributed by atoms with Crippen molar-refractivity contribution in [2.24, 2.45) is 0 Å². The third-order valence-corrected chi connectivity index (χ3v) is 4.93. The van der Waals surface area contributed by atoms with Crippen molar-refractivity contribution in [3.05, 3.63) is 52.8 Å². The Hall–Kier alpha value is -2.54. The van der Waals surface area contributed by atoms with Crippen LogP contribution in [-0.4, -0.2) is 39.1 Å². The van der Waals surface area contributed by atoms with Crippen molar-refractivity contribution >= 4 is 17.2 Å². The molecule has 0 saturated carbocycles. The van der Waals surface area contributed by atoms with E-state index in [1.807, 2.05) is 21.7 Å². The summed E-state index contributed by atoms with van der Waals surface area (Å²) in [6.45, 7) is 1.38. The second kappa shape index (κ2) is 6.52. The van der Waals surface area contributed by atoms with Gasteiger partial charge in [0.15, 0.2) is 0 Å². The van der Waals surface area contributed by atoms with Crippen LogP contribution in [0.15, 0.2) is 45.8 Å². The van der Waals surface area contributed by atoms with Crippen molar-refractivity contribution in [3.63, 3.8) is 0 Å². The van der Waals surface area contributed by atoms with E-state index in [1.54, 1.807) is 35.9 Å². The number of likely N-dealkylation sites (tertiary alicyclic amines) is 1. The van der Waals surface area contributed by atoms with E-state index in [-0.39, 0.29) is 11.8 Å². The minimum absolute atomic E-state index is 0.0334. The van der Waals surface area contributed by atoms with Gasteiger partial charge in [-0.2, -0.15) is 11.3 Å². The molecule has 0 aliphatic carbocycles. The maximum absolute atomic E-state index is 12.4. The molecule has 3 aromatic heterocycles. The number of nitrogens with zero attached hydrogens (tertiary/aromatic N) is 4. The minimum Gasteiger partial charge on any atom is -0.420 e. The third kappa shape index (κ3) is 2.94. The highest BCUT2D eigenvalue weighted by Crippen LogP contribution is 2.30. The van der Waals surface area contributed by atoms with E-state index in [0.717, 1.165) is 18.4 Å². The van der Waals surface area contributed by atoms with Gasteiger partial charge in [-0.3, -0.25) is 9.78 Å². The summed E-state index contributed by atoms with van der Waals surface area (Å²) in [7, 11) is 0. The lowest BCUT2D eigenvalue weighted by molar-refractivity contribution is 0.0706. The van der Waals surface area contributed by atoms with E-state index in [2.05, 4.69) is 15.2 Å². The monoisotopic (exact) mass is 340 g/mol. The molecule has 3 aromatic rings. The number of carbonyl (C=O) groups is 1. The molecule has 1 fully saturated rings. The molecule has 0 radical (unpaired) electrons. The summed E-state index contributed by atoms with van der Waals surface area (Å²) in [6, 6.07) is 5.55. The average molecular weight is 340 g/mol. The van der Waals surface area contributed by atoms with Crippen LogP contribution in [0.3, 0.4) is 0 Å². The molecule has 1 amide bonds. The molecule has 4 rings (SSSR count). The number of hydrogen-bond acceptors (Lipinski definition) is 6. The van der Waals surface area contributed by atoms with Crippen LogP contribution in [-0.2, 0) is 0 Å². The Morgan fingerprint density at radius 2 is 2.12 bits per heavy atom. The Labute approximate surface area is 143 Å². The van der Waals surface area contributed by atoms with Crippen molar-refractivity contribution in [3.8, 4) is 11.5 Å². The molecule has 0 unspecified atom stereocenters. The van der Waals surface area contributed by atoms with E-state index in [0.29, 0.717) is 30.4 Å². The zero-order valence-corrected chi connectivity index (χ0v) is 13.8. The van der Waals surface area contributed by atoms with Gasteiger partial charge in [0.1, 0.15) is 0 Å². The fourth-order valence-corrected chi connectivity index (χ4v) is 3.53. The van der Waals surface area contributed by atoms with Crippen molar-refractivity contribution in [2.45, 2.75) is 18.8 Å². The smallest absolute Gasteiger partial charge is 0.255 e. The zero-order chi connectivity index (χ0) is 16.4. The third-order valence-electron chi connectivity index (χ3n) is 4.25. The summed E-state index contributed by atoms with van der Waals surface area (Å²) in [4.78, 5) is 18.3. The summed E-state index contributed by atoms with van der Waals surface area (Å²) in [6.07, 6.45) is 4.94. The Kier molecular flexibility index (Phi) is 4.08. The molecule has 1 aliphatic rings. The van der Waals surface area contributed by atoms with E-state index in [4.69, 9.17) is 4.42 Å². The number of amides is 1. The molecule has 0 bridgehead atoms. The average Bonchev–Trinajstić information content (AvgIpc) is 3.33. The number of hydrogen-bond donors (Lipinski definition) is 0. The summed E-state index contributed by atoms with van der Waals surface area (Å²) in [5, 5.41) is 12.3. The molecule has 0 N–H and O–H groups in total. The normalized spacial score (nSPS) is 15.6. The van der Waals surface area contributed by atoms with Crippen LogP contribution in [0.4, 0.5) is 0 Å². The molecule has 0 aromatic carbocycles. The SMILES string of the molecule is O=C(c1cccnc1)N1CCC(c2nnc(-c3ccsc3)o2)CC1. The second-order valence-corrected chi connectivity index (χ2v) is 6.55. The number of thiophene rings is 1. The van der Waals surface area contributed by atoms with Crippen molar-refractivity contribution in [1.29, 1.82) is 0 Å². The lowest BCUT2D eigenvalue weighted by Crippen LogP contribution is -2.38. The first-order chi connectivity index (χ1) is 11.8. The first-order valence-corrected chi connectivity index (χ1v) is 8.81. The largest absolute Gasteiger partial charge is 0.420 e. The van der Waals surface area contributed by atoms with Crippen LogP contribution in [0, 0.1) is 0 Å². The fourth-order valence-electron chi connectivity index (χ4n) is 2.90. The van der Waals surface area contributed by atoms with Gasteiger partial charge in [0.2, 0.25) is 11.8 Å². The number of piperidine rings is 1. The molecule has 7 heteroatoms. The van der Waals surface area contributed by atoms with E-state index in [9.17, 15) is 4.79 Å². The van der Waals surface area contributed by atoms with E-state index < -0.39 is 0 Å². The summed E-state index contributed by atoms with van der Waals surface area (Å²) >= 11 is 1.60. The fraction of sp³-hybridized carbons (Fsp3) is 0.294. The van der Waals surface area contributed by atoms with Gasteiger partial charge in [-0.05, 0) is 36.4 Å². The molecule has 4 heterocycles. The summed E-state index contributed by atoms with van der Waals surface area (Å²) in [5.74, 6) is 1.48. The predicted molar refractivity (Wildman–Crippen MR) is 89.7 cm³/mol. The van der Waals surface area contributed by atoms with Gasteiger partial charge in [-0.25, -0.2) is 0 Å². The zero-order valence-electron chi connectivity index (χ0n) is 13.0. The Morgan fingerprint density at radius 1 is 1.25 bits per heavy atom.